The molecule has 0 radical (unpaired) electrons. The fourth-order valence-electron chi connectivity index (χ4n) is 3.52. The fourth-order valence-corrected chi connectivity index (χ4v) is 3.52. The van der Waals surface area contributed by atoms with Gasteiger partial charge in [0, 0.05) is 11.8 Å². The van der Waals surface area contributed by atoms with Gasteiger partial charge in [-0.25, -0.2) is 0 Å². The van der Waals surface area contributed by atoms with Crippen LogP contribution in [0.5, 0.6) is 11.5 Å². The van der Waals surface area contributed by atoms with Crippen LogP contribution in [0.25, 0.3) is 0 Å². The van der Waals surface area contributed by atoms with E-state index in [2.05, 4.69) is 10.4 Å². The number of carbonyl (C=O) groups excluding carboxylic acids is 1. The molecule has 1 aromatic heterocycles. The van der Waals surface area contributed by atoms with Gasteiger partial charge in [-0.15, -0.1) is 0 Å². The van der Waals surface area contributed by atoms with Gasteiger partial charge in [-0.3, -0.25) is 9.48 Å². The highest BCUT2D eigenvalue weighted by Gasteiger charge is 2.30. The summed E-state index contributed by atoms with van der Waals surface area (Å²) in [6.07, 6.45) is -1.39. The lowest BCUT2D eigenvalue weighted by molar-refractivity contribution is -0.137. The number of hydrogen-bond acceptors (Lipinski definition) is 4. The largest absolute Gasteiger partial charge is 0.494 e. The van der Waals surface area contributed by atoms with Crippen molar-refractivity contribution in [2.24, 2.45) is 0 Å². The highest BCUT2D eigenvalue weighted by Crippen LogP contribution is 2.29. The third-order valence-corrected chi connectivity index (χ3v) is 5.22. The number of benzene rings is 3. The molecular weight excluding hydrogens is 471 g/mol. The average Bonchev–Trinajstić information content (AvgIpc) is 3.30. The van der Waals surface area contributed by atoms with E-state index in [9.17, 15) is 18.0 Å². The maximum Gasteiger partial charge on any atom is 0.416 e. The van der Waals surface area contributed by atoms with Crippen LogP contribution in [0.4, 0.5) is 18.9 Å². The normalized spacial score (nSPS) is 11.2. The second-order valence-corrected chi connectivity index (χ2v) is 7.97. The number of aromatic nitrogens is 2. The van der Waals surface area contributed by atoms with E-state index in [-0.39, 0.29) is 19.1 Å². The van der Waals surface area contributed by atoms with Crippen LogP contribution in [0.1, 0.15) is 34.0 Å². The third-order valence-electron chi connectivity index (χ3n) is 5.22. The van der Waals surface area contributed by atoms with Gasteiger partial charge in [0.2, 0.25) is 0 Å². The van der Waals surface area contributed by atoms with Gasteiger partial charge in [-0.2, -0.15) is 18.3 Å². The van der Waals surface area contributed by atoms with Gasteiger partial charge in [0.25, 0.3) is 5.91 Å². The molecule has 4 rings (SSSR count). The van der Waals surface area contributed by atoms with Crippen molar-refractivity contribution in [1.82, 2.24) is 9.78 Å². The minimum Gasteiger partial charge on any atom is -0.494 e. The van der Waals surface area contributed by atoms with Crippen LogP contribution >= 0.6 is 0 Å². The molecule has 1 amide bonds. The molecule has 36 heavy (non-hydrogen) atoms. The Hall–Kier alpha value is -4.27. The summed E-state index contributed by atoms with van der Waals surface area (Å²) in [7, 11) is 0. The minimum atomic E-state index is -4.41. The first-order valence-electron chi connectivity index (χ1n) is 11.2. The Kier molecular flexibility index (Phi) is 7.58. The summed E-state index contributed by atoms with van der Waals surface area (Å²) in [5.41, 5.74) is 1.42. The Labute approximate surface area is 206 Å². The van der Waals surface area contributed by atoms with E-state index in [4.69, 9.17) is 9.47 Å². The number of rotatable bonds is 9. The fraction of sp³-hybridized carbons (Fsp3) is 0.185. The predicted octanol–water partition coefficient (Wildman–Crippen LogP) is 6.18. The Bertz CT molecular complexity index is 1320. The highest BCUT2D eigenvalue weighted by atomic mass is 19.4. The molecule has 0 aliphatic heterocycles. The lowest BCUT2D eigenvalue weighted by Gasteiger charge is -2.09. The molecule has 0 saturated heterocycles. The van der Waals surface area contributed by atoms with Crippen LogP contribution in [0.2, 0.25) is 0 Å². The van der Waals surface area contributed by atoms with Gasteiger partial charge < -0.3 is 14.8 Å². The number of nitrogens with zero attached hydrogens (tertiary/aromatic N) is 2. The first kappa shape index (κ1) is 24.8. The van der Waals surface area contributed by atoms with E-state index in [0.29, 0.717) is 29.2 Å². The Balaban J connectivity index is 1.35. The van der Waals surface area contributed by atoms with Gasteiger partial charge in [0.05, 0.1) is 30.6 Å². The topological polar surface area (TPSA) is 65.4 Å². The van der Waals surface area contributed by atoms with E-state index in [1.165, 1.54) is 16.9 Å². The van der Waals surface area contributed by atoms with Crippen molar-refractivity contribution >= 4 is 11.6 Å². The molecule has 1 N–H and O–H groups in total. The number of hydrogen-bond donors (Lipinski definition) is 1. The molecule has 1 heterocycles. The Morgan fingerprint density at radius 3 is 2.36 bits per heavy atom. The first-order chi connectivity index (χ1) is 17.3. The SMILES string of the molecule is CCOc1ccc(OCc2cccc(C(=O)Nc3cnn(Cc4cccc(C(F)(F)F)c4)c3)c2)cc1. The van der Waals surface area contributed by atoms with Crippen LogP contribution in [-0.4, -0.2) is 22.3 Å². The predicted molar refractivity (Wildman–Crippen MR) is 129 cm³/mol. The van der Waals surface area contributed by atoms with E-state index in [1.807, 2.05) is 37.3 Å². The van der Waals surface area contributed by atoms with E-state index >= 15 is 0 Å². The van der Waals surface area contributed by atoms with Crippen LogP contribution < -0.4 is 14.8 Å². The van der Waals surface area contributed by atoms with Crippen molar-refractivity contribution < 1.29 is 27.4 Å². The molecule has 0 atom stereocenters. The number of alkyl halides is 3. The number of ether oxygens (including phenoxy) is 2. The van der Waals surface area contributed by atoms with Crippen molar-refractivity contribution in [2.45, 2.75) is 26.3 Å². The van der Waals surface area contributed by atoms with Gasteiger partial charge >= 0.3 is 6.18 Å². The second kappa shape index (κ2) is 11.0. The molecular formula is C27H24F3N3O3. The molecule has 0 saturated carbocycles. The van der Waals surface area contributed by atoms with Crippen molar-refractivity contribution in [1.29, 1.82) is 0 Å². The molecule has 0 bridgehead atoms. The zero-order valence-corrected chi connectivity index (χ0v) is 19.5. The molecule has 0 aliphatic rings. The van der Waals surface area contributed by atoms with E-state index < -0.39 is 11.7 Å². The molecule has 4 aromatic rings. The summed E-state index contributed by atoms with van der Waals surface area (Å²) in [5.74, 6) is 1.11. The smallest absolute Gasteiger partial charge is 0.416 e. The quantitative estimate of drug-likeness (QED) is 0.301. The summed E-state index contributed by atoms with van der Waals surface area (Å²) in [4.78, 5) is 12.7. The Morgan fingerprint density at radius 2 is 1.64 bits per heavy atom. The van der Waals surface area contributed by atoms with Crippen LogP contribution in [0, 0.1) is 0 Å². The van der Waals surface area contributed by atoms with Gasteiger partial charge in [0.1, 0.15) is 18.1 Å². The van der Waals surface area contributed by atoms with Gasteiger partial charge in [0.15, 0.2) is 0 Å². The standard InChI is InChI=1S/C27H24F3N3O3/c1-2-35-24-9-11-25(12-10-24)36-18-20-6-3-7-21(13-20)26(34)32-23-15-31-33(17-23)16-19-5-4-8-22(14-19)27(28,29)30/h3-15,17H,2,16,18H2,1H3,(H,32,34). The molecule has 0 unspecified atom stereocenters. The number of carbonyl (C=O) groups is 1. The zero-order valence-electron chi connectivity index (χ0n) is 19.5. The van der Waals surface area contributed by atoms with Crippen molar-refractivity contribution in [3.63, 3.8) is 0 Å². The van der Waals surface area contributed by atoms with Crippen LogP contribution in [-0.2, 0) is 19.3 Å². The Morgan fingerprint density at radius 1 is 0.944 bits per heavy atom. The summed E-state index contributed by atoms with van der Waals surface area (Å²) < 4.78 is 51.5. The van der Waals surface area contributed by atoms with E-state index in [0.717, 1.165) is 23.4 Å². The molecule has 3 aromatic carbocycles. The van der Waals surface area contributed by atoms with Gasteiger partial charge in [-0.1, -0.05) is 24.3 Å². The summed E-state index contributed by atoms with van der Waals surface area (Å²) in [5, 5.41) is 6.90. The summed E-state index contributed by atoms with van der Waals surface area (Å²) >= 11 is 0. The molecule has 186 valence electrons. The van der Waals surface area contributed by atoms with Crippen molar-refractivity contribution in [3.8, 4) is 11.5 Å². The van der Waals surface area contributed by atoms with Crippen LogP contribution in [0.3, 0.4) is 0 Å². The van der Waals surface area contributed by atoms with Crippen LogP contribution in [0.15, 0.2) is 85.2 Å². The number of amides is 1. The lowest BCUT2D eigenvalue weighted by Crippen LogP contribution is -2.12. The molecule has 9 heteroatoms. The summed E-state index contributed by atoms with van der Waals surface area (Å²) in [6, 6.07) is 19.4. The first-order valence-corrected chi connectivity index (χ1v) is 11.2. The lowest BCUT2D eigenvalue weighted by atomic mass is 10.1. The average molecular weight is 496 g/mol. The summed E-state index contributed by atoms with van der Waals surface area (Å²) in [6.45, 7) is 2.92. The zero-order chi connectivity index (χ0) is 25.5. The number of anilines is 1. The minimum absolute atomic E-state index is 0.137. The number of halogens is 3. The maximum absolute atomic E-state index is 12.9. The highest BCUT2D eigenvalue weighted by molar-refractivity contribution is 6.04. The molecule has 0 aliphatic carbocycles. The monoisotopic (exact) mass is 495 g/mol. The second-order valence-electron chi connectivity index (χ2n) is 7.97. The third kappa shape index (κ3) is 6.65. The molecule has 0 fully saturated rings. The van der Waals surface area contributed by atoms with E-state index in [1.54, 1.807) is 30.5 Å². The molecule has 0 spiro atoms. The van der Waals surface area contributed by atoms with Gasteiger partial charge in [-0.05, 0) is 66.6 Å². The van der Waals surface area contributed by atoms with Crippen molar-refractivity contribution in [2.75, 3.05) is 11.9 Å². The maximum atomic E-state index is 12.9. The van der Waals surface area contributed by atoms with Crippen molar-refractivity contribution in [3.05, 3.63) is 107 Å². The number of nitrogens with one attached hydrogen (secondary N) is 1. The molecule has 6 nitrogen and oxygen atoms in total.